The van der Waals surface area contributed by atoms with Crippen LogP contribution in [0, 0.1) is 6.92 Å². The number of furan rings is 1. The molecule has 0 radical (unpaired) electrons. The average molecular weight is 230 g/mol. The predicted molar refractivity (Wildman–Crippen MR) is 60.2 cm³/mol. The number of aldehydes is 1. The van der Waals surface area contributed by atoms with E-state index in [9.17, 15) is 9.59 Å². The van der Waals surface area contributed by atoms with Crippen LogP contribution in [0.5, 0.6) is 5.75 Å². The molecule has 2 aromatic rings. The minimum absolute atomic E-state index is 0.00711. The molecule has 0 amide bonds. The lowest BCUT2D eigenvalue weighted by molar-refractivity contribution is 0.0700. The molecule has 0 saturated heterocycles. The Morgan fingerprint density at radius 3 is 2.47 bits per heavy atom. The van der Waals surface area contributed by atoms with Gasteiger partial charge in [-0.1, -0.05) is 17.7 Å². The standard InChI is InChI=1S/C13H10O4/c1-9-2-4-10(5-3-9)17-13(15)12-7-6-11(8-14)16-12/h2-8H,1H3. The van der Waals surface area contributed by atoms with E-state index in [0.717, 1.165) is 5.56 Å². The molecule has 0 spiro atoms. The maximum atomic E-state index is 11.6. The van der Waals surface area contributed by atoms with Crippen LogP contribution in [0.25, 0.3) is 0 Å². The molecular formula is C13H10O4. The summed E-state index contributed by atoms with van der Waals surface area (Å²) in [6, 6.07) is 9.87. The number of benzene rings is 1. The van der Waals surface area contributed by atoms with E-state index in [-0.39, 0.29) is 11.5 Å². The normalized spacial score (nSPS) is 9.94. The summed E-state index contributed by atoms with van der Waals surface area (Å²) in [5.41, 5.74) is 1.08. The summed E-state index contributed by atoms with van der Waals surface area (Å²) in [5, 5.41) is 0. The van der Waals surface area contributed by atoms with Crippen molar-refractivity contribution in [3.8, 4) is 5.75 Å². The summed E-state index contributed by atoms with van der Waals surface area (Å²) in [5.74, 6) is -0.0832. The van der Waals surface area contributed by atoms with Gasteiger partial charge in [-0.05, 0) is 31.2 Å². The zero-order valence-electron chi connectivity index (χ0n) is 9.17. The van der Waals surface area contributed by atoms with E-state index in [2.05, 4.69) is 0 Å². The number of hydrogen-bond acceptors (Lipinski definition) is 4. The van der Waals surface area contributed by atoms with Crippen molar-refractivity contribution in [3.63, 3.8) is 0 Å². The number of carbonyl (C=O) groups is 2. The molecule has 1 aromatic heterocycles. The fourth-order valence-corrected chi connectivity index (χ4v) is 1.29. The van der Waals surface area contributed by atoms with Gasteiger partial charge in [-0.3, -0.25) is 4.79 Å². The number of esters is 1. The molecule has 0 aliphatic heterocycles. The van der Waals surface area contributed by atoms with Gasteiger partial charge in [0.15, 0.2) is 12.0 Å². The van der Waals surface area contributed by atoms with Crippen molar-refractivity contribution in [3.05, 3.63) is 53.5 Å². The Morgan fingerprint density at radius 1 is 1.18 bits per heavy atom. The van der Waals surface area contributed by atoms with Crippen LogP contribution >= 0.6 is 0 Å². The van der Waals surface area contributed by atoms with Gasteiger partial charge in [0, 0.05) is 0 Å². The van der Waals surface area contributed by atoms with E-state index in [1.807, 2.05) is 19.1 Å². The second-order valence-electron chi connectivity index (χ2n) is 3.52. The van der Waals surface area contributed by atoms with E-state index in [0.29, 0.717) is 12.0 Å². The second-order valence-corrected chi connectivity index (χ2v) is 3.52. The van der Waals surface area contributed by atoms with Crippen LogP contribution in [0.1, 0.15) is 26.7 Å². The van der Waals surface area contributed by atoms with Crippen LogP contribution in [-0.4, -0.2) is 12.3 Å². The Balaban J connectivity index is 2.11. The zero-order valence-corrected chi connectivity index (χ0v) is 9.17. The summed E-state index contributed by atoms with van der Waals surface area (Å²) >= 11 is 0. The second kappa shape index (κ2) is 4.65. The molecule has 4 heteroatoms. The Bertz CT molecular complexity index is 537. The van der Waals surface area contributed by atoms with Crippen molar-refractivity contribution in [2.45, 2.75) is 6.92 Å². The van der Waals surface area contributed by atoms with Gasteiger partial charge in [0.1, 0.15) is 5.75 Å². The Hall–Kier alpha value is -2.36. The highest BCUT2D eigenvalue weighted by atomic mass is 16.5. The van der Waals surface area contributed by atoms with E-state index in [1.54, 1.807) is 12.1 Å². The van der Waals surface area contributed by atoms with Gasteiger partial charge in [-0.25, -0.2) is 4.79 Å². The van der Waals surface area contributed by atoms with Gasteiger partial charge in [0.25, 0.3) is 0 Å². The molecule has 0 fully saturated rings. The van der Waals surface area contributed by atoms with Gasteiger partial charge in [-0.15, -0.1) is 0 Å². The van der Waals surface area contributed by atoms with Crippen LogP contribution in [0.15, 0.2) is 40.8 Å². The van der Waals surface area contributed by atoms with E-state index in [1.165, 1.54) is 12.1 Å². The lowest BCUT2D eigenvalue weighted by atomic mass is 10.2. The van der Waals surface area contributed by atoms with Crippen molar-refractivity contribution in [1.29, 1.82) is 0 Å². The highest BCUT2D eigenvalue weighted by Gasteiger charge is 2.13. The molecule has 1 heterocycles. The fraction of sp³-hybridized carbons (Fsp3) is 0.0769. The summed E-state index contributed by atoms with van der Waals surface area (Å²) in [7, 11) is 0. The molecule has 1 aromatic carbocycles. The molecule has 0 aliphatic carbocycles. The maximum Gasteiger partial charge on any atom is 0.379 e. The van der Waals surface area contributed by atoms with Crippen molar-refractivity contribution in [2.24, 2.45) is 0 Å². The van der Waals surface area contributed by atoms with Crippen LogP contribution in [0.2, 0.25) is 0 Å². The molecule has 0 saturated carbocycles. The number of aryl methyl sites for hydroxylation is 1. The highest BCUT2D eigenvalue weighted by molar-refractivity contribution is 5.89. The first-order valence-corrected chi connectivity index (χ1v) is 5.03. The molecule has 0 bridgehead atoms. The molecule has 17 heavy (non-hydrogen) atoms. The van der Waals surface area contributed by atoms with Gasteiger partial charge in [-0.2, -0.15) is 0 Å². The molecule has 0 unspecified atom stereocenters. The Kier molecular flexibility index (Phi) is 3.05. The summed E-state index contributed by atoms with van der Waals surface area (Å²) in [6.07, 6.45) is 0.530. The molecular weight excluding hydrogens is 220 g/mol. The molecule has 0 aliphatic rings. The van der Waals surface area contributed by atoms with Gasteiger partial charge in [0.05, 0.1) is 0 Å². The van der Waals surface area contributed by atoms with Crippen LogP contribution < -0.4 is 4.74 Å². The van der Waals surface area contributed by atoms with E-state index < -0.39 is 5.97 Å². The summed E-state index contributed by atoms with van der Waals surface area (Å²) < 4.78 is 10.0. The molecule has 86 valence electrons. The monoisotopic (exact) mass is 230 g/mol. The third-order valence-electron chi connectivity index (χ3n) is 2.18. The van der Waals surface area contributed by atoms with Crippen molar-refractivity contribution in [1.82, 2.24) is 0 Å². The summed E-state index contributed by atoms with van der Waals surface area (Å²) in [4.78, 5) is 22.0. The molecule has 2 rings (SSSR count). The molecule has 4 nitrogen and oxygen atoms in total. The quantitative estimate of drug-likeness (QED) is 0.462. The largest absolute Gasteiger partial charge is 0.446 e. The first-order chi connectivity index (χ1) is 8.19. The lowest BCUT2D eigenvalue weighted by Crippen LogP contribution is -2.07. The van der Waals surface area contributed by atoms with Crippen molar-refractivity contribution in [2.75, 3.05) is 0 Å². The number of ether oxygens (including phenoxy) is 1. The van der Waals surface area contributed by atoms with E-state index >= 15 is 0 Å². The first kappa shape index (κ1) is 11.1. The molecule has 0 N–H and O–H groups in total. The average Bonchev–Trinajstić information content (AvgIpc) is 2.81. The fourth-order valence-electron chi connectivity index (χ4n) is 1.29. The predicted octanol–water partition coefficient (Wildman–Crippen LogP) is 2.62. The lowest BCUT2D eigenvalue weighted by Gasteiger charge is -2.01. The third kappa shape index (κ3) is 2.60. The van der Waals surface area contributed by atoms with Crippen LogP contribution in [0.3, 0.4) is 0 Å². The Morgan fingerprint density at radius 2 is 1.88 bits per heavy atom. The van der Waals surface area contributed by atoms with Crippen LogP contribution in [-0.2, 0) is 0 Å². The number of rotatable bonds is 3. The minimum atomic E-state index is -0.623. The zero-order chi connectivity index (χ0) is 12.3. The SMILES string of the molecule is Cc1ccc(OC(=O)c2ccc(C=O)o2)cc1. The van der Waals surface area contributed by atoms with E-state index in [4.69, 9.17) is 9.15 Å². The topological polar surface area (TPSA) is 56.5 Å². The van der Waals surface area contributed by atoms with Gasteiger partial charge >= 0.3 is 5.97 Å². The molecule has 0 atom stereocenters. The number of hydrogen-bond donors (Lipinski definition) is 0. The Labute approximate surface area is 97.8 Å². The minimum Gasteiger partial charge on any atom is -0.446 e. The smallest absolute Gasteiger partial charge is 0.379 e. The highest BCUT2D eigenvalue weighted by Crippen LogP contribution is 2.14. The van der Waals surface area contributed by atoms with Crippen molar-refractivity contribution >= 4 is 12.3 Å². The van der Waals surface area contributed by atoms with Gasteiger partial charge in [0.2, 0.25) is 5.76 Å². The maximum absolute atomic E-state index is 11.6. The van der Waals surface area contributed by atoms with Crippen LogP contribution in [0.4, 0.5) is 0 Å². The third-order valence-corrected chi connectivity index (χ3v) is 2.18. The van der Waals surface area contributed by atoms with Crippen molar-refractivity contribution < 1.29 is 18.7 Å². The first-order valence-electron chi connectivity index (χ1n) is 5.03. The van der Waals surface area contributed by atoms with Gasteiger partial charge < -0.3 is 9.15 Å². The summed E-state index contributed by atoms with van der Waals surface area (Å²) in [6.45, 7) is 1.94. The number of carbonyl (C=O) groups excluding carboxylic acids is 2.